The Labute approximate surface area is 97.0 Å². The Bertz CT molecular complexity index is 86.0. The van der Waals surface area contributed by atoms with Gasteiger partial charge in [0.1, 0.15) is 46.0 Å². The number of hydrogen-bond donors (Lipinski definition) is 0. The van der Waals surface area contributed by atoms with Crippen LogP contribution in [0.15, 0.2) is 0 Å². The second kappa shape index (κ2) is 6.29. The van der Waals surface area contributed by atoms with Crippen molar-refractivity contribution in [3.05, 3.63) is 0 Å². The molecule has 0 aliphatic carbocycles. The first-order valence-electron chi connectivity index (χ1n) is 1.04. The summed E-state index contributed by atoms with van der Waals surface area (Å²) >= 11 is 2.45. The molecule has 0 amide bonds. The van der Waals surface area contributed by atoms with E-state index in [4.69, 9.17) is 0 Å². The Kier molecular flexibility index (Phi) is 10.4. The van der Waals surface area contributed by atoms with Crippen LogP contribution < -0.4 is 34.5 Å². The zero-order valence-electron chi connectivity index (χ0n) is 3.84. The number of rotatable bonds is 2. The van der Waals surface area contributed by atoms with Gasteiger partial charge in [-0.1, -0.05) is 0 Å². The summed E-state index contributed by atoms with van der Waals surface area (Å²) in [5, 5.41) is 0. The summed E-state index contributed by atoms with van der Waals surface area (Å²) in [4.78, 5) is 9.94. The molecule has 0 N–H and O–H groups in total. The fourth-order valence-electron chi connectivity index (χ4n) is 0.0106. The van der Waals surface area contributed by atoms with Crippen molar-refractivity contribution in [3.63, 3.8) is 0 Å². The van der Waals surface area contributed by atoms with E-state index in [9.17, 15) is 9.46 Å². The minimum absolute atomic E-state index is 0. The van der Waals surface area contributed by atoms with Gasteiger partial charge in [0, 0.05) is 0 Å². The molecule has 0 radical (unpaired) electrons. The minimum Gasteiger partial charge on any atom is -0.755 e. The van der Waals surface area contributed by atoms with Gasteiger partial charge in [-0.15, -0.1) is 0 Å². The average molecular weight is 372 g/mol. The van der Waals surface area contributed by atoms with Crippen LogP contribution in [0.2, 0.25) is 0 Å². The third-order valence-electron chi connectivity index (χ3n) is 0.169. The molecule has 0 saturated heterocycles. The van der Waals surface area contributed by atoms with Crippen LogP contribution in [0.1, 0.15) is 0 Å². The second-order valence-corrected chi connectivity index (χ2v) is 4.12. The van der Waals surface area contributed by atoms with E-state index < -0.39 is 7.82 Å². The zero-order chi connectivity index (χ0) is 5.91. The molecule has 0 aromatic heterocycles. The van der Waals surface area contributed by atoms with Crippen LogP contribution in [0.4, 0.5) is 0 Å². The SMILES string of the molecule is O=P([O-])(OI)OI.[Na+]. The van der Waals surface area contributed by atoms with Gasteiger partial charge in [-0.25, -0.2) is 5.71 Å². The van der Waals surface area contributed by atoms with Crippen molar-refractivity contribution in [1.29, 1.82) is 0 Å². The molecule has 0 aromatic rings. The van der Waals surface area contributed by atoms with Crippen molar-refractivity contribution >= 4 is 53.8 Å². The number of halogens is 2. The molecule has 0 bridgehead atoms. The van der Waals surface area contributed by atoms with Crippen LogP contribution in [0.5, 0.6) is 0 Å². The molecule has 8 heteroatoms. The fourth-order valence-corrected chi connectivity index (χ4v) is 1.44. The van der Waals surface area contributed by atoms with E-state index in [0.29, 0.717) is 0 Å². The molecule has 0 aliphatic rings. The summed E-state index contributed by atoms with van der Waals surface area (Å²) in [5.74, 6) is 0. The largest absolute Gasteiger partial charge is 1.00 e. The van der Waals surface area contributed by atoms with Crippen molar-refractivity contribution in [2.45, 2.75) is 0 Å². The second-order valence-electron chi connectivity index (χ2n) is 0.585. The van der Waals surface area contributed by atoms with Gasteiger partial charge in [-0.05, 0) is 0 Å². The molecule has 0 heterocycles. The molecule has 0 atom stereocenters. The Hall–Kier alpha value is 2.57. The summed E-state index contributed by atoms with van der Waals surface area (Å²) in [5.41, 5.74) is 0. The summed E-state index contributed by atoms with van der Waals surface area (Å²) < 4.78 is 17.6. The van der Waals surface area contributed by atoms with Gasteiger partial charge in [0.25, 0.3) is 7.82 Å². The van der Waals surface area contributed by atoms with Crippen molar-refractivity contribution in [2.24, 2.45) is 0 Å². The molecule has 0 aromatic carbocycles. The molecule has 0 spiro atoms. The Morgan fingerprint density at radius 1 is 1.38 bits per heavy atom. The normalized spacial score (nSPS) is 10.4. The molecule has 0 fully saturated rings. The van der Waals surface area contributed by atoms with E-state index in [-0.39, 0.29) is 29.6 Å². The zero-order valence-corrected chi connectivity index (χ0v) is 11.0. The van der Waals surface area contributed by atoms with Crippen molar-refractivity contribution < 1.29 is 44.7 Å². The summed E-state index contributed by atoms with van der Waals surface area (Å²) in [7, 11) is -3.93. The van der Waals surface area contributed by atoms with E-state index in [2.05, 4.69) is 5.71 Å². The third kappa shape index (κ3) is 6.69. The van der Waals surface area contributed by atoms with Gasteiger partial charge in [0.2, 0.25) is 0 Å². The van der Waals surface area contributed by atoms with Gasteiger partial charge >= 0.3 is 29.6 Å². The number of phosphoric acid groups is 1. The first-order chi connectivity index (χ1) is 3.12. The smallest absolute Gasteiger partial charge is 0.755 e. The fraction of sp³-hybridized carbons (Fsp3) is 0. The standard InChI is InChI=1S/HI2O4P.Na/c1-5-7(3,4)6-2;/h(H,3,4);/q;+1/p-1. The van der Waals surface area contributed by atoms with Gasteiger partial charge in [0.05, 0.1) is 0 Å². The van der Waals surface area contributed by atoms with E-state index >= 15 is 0 Å². The van der Waals surface area contributed by atoms with Crippen LogP contribution in [-0.4, -0.2) is 0 Å². The summed E-state index contributed by atoms with van der Waals surface area (Å²) in [6.07, 6.45) is 0. The molecule has 0 rings (SSSR count). The molecule has 4 nitrogen and oxygen atoms in total. The van der Waals surface area contributed by atoms with Crippen LogP contribution in [0.3, 0.4) is 0 Å². The molecular formula is I2NaO4P. The Morgan fingerprint density at radius 2 is 1.62 bits per heavy atom. The van der Waals surface area contributed by atoms with E-state index in [1.807, 2.05) is 0 Å². The molecule has 44 valence electrons. The van der Waals surface area contributed by atoms with Crippen molar-refractivity contribution in [1.82, 2.24) is 0 Å². The molecule has 0 saturated carbocycles. The maximum atomic E-state index is 9.94. The minimum atomic E-state index is -3.93. The van der Waals surface area contributed by atoms with Crippen molar-refractivity contribution in [2.75, 3.05) is 0 Å². The molecule has 0 aliphatic heterocycles. The van der Waals surface area contributed by atoms with E-state index in [1.165, 1.54) is 46.0 Å². The Balaban J connectivity index is 0. The first kappa shape index (κ1) is 13.2. The van der Waals surface area contributed by atoms with Crippen LogP contribution in [0, 0.1) is 0 Å². The predicted molar refractivity (Wildman–Crippen MR) is 37.8 cm³/mol. The number of hydrogen-bond acceptors (Lipinski definition) is 4. The van der Waals surface area contributed by atoms with Gasteiger partial charge in [-0.3, -0.25) is 4.57 Å². The van der Waals surface area contributed by atoms with E-state index in [1.54, 1.807) is 0 Å². The maximum Gasteiger partial charge on any atom is 1.00 e. The van der Waals surface area contributed by atoms with Gasteiger partial charge < -0.3 is 4.89 Å². The maximum absolute atomic E-state index is 9.94. The quantitative estimate of drug-likeness (QED) is 0.326. The van der Waals surface area contributed by atoms with Crippen molar-refractivity contribution in [3.8, 4) is 0 Å². The topological polar surface area (TPSA) is 58.6 Å². The average Bonchev–Trinajstić information content (AvgIpc) is 1.68. The summed E-state index contributed by atoms with van der Waals surface area (Å²) in [6.45, 7) is 0. The molecule has 0 unspecified atom stereocenters. The van der Waals surface area contributed by atoms with Crippen LogP contribution in [-0.2, 0) is 10.3 Å². The first-order valence-corrected chi connectivity index (χ1v) is 4.26. The molecule has 8 heavy (non-hydrogen) atoms. The Morgan fingerprint density at radius 3 is 1.62 bits per heavy atom. The van der Waals surface area contributed by atoms with Gasteiger partial charge in [-0.2, -0.15) is 0 Å². The summed E-state index contributed by atoms with van der Waals surface area (Å²) in [6, 6.07) is 0. The van der Waals surface area contributed by atoms with Crippen LogP contribution in [0.25, 0.3) is 0 Å². The molecular weight excluding hydrogens is 372 g/mol. The van der Waals surface area contributed by atoms with Gasteiger partial charge in [0.15, 0.2) is 0 Å². The van der Waals surface area contributed by atoms with Crippen LogP contribution >= 0.6 is 53.8 Å². The van der Waals surface area contributed by atoms with E-state index in [0.717, 1.165) is 0 Å². The monoisotopic (exact) mass is 372 g/mol. The third-order valence-corrected chi connectivity index (χ3v) is 3.40. The predicted octanol–water partition coefficient (Wildman–Crippen LogP) is -1.81.